The lowest BCUT2D eigenvalue weighted by atomic mass is 10.0. The van der Waals surface area contributed by atoms with E-state index >= 15 is 0 Å². The van der Waals surface area contributed by atoms with E-state index in [-0.39, 0.29) is 5.97 Å². The average molecular weight is 387 g/mol. The Kier molecular flexibility index (Phi) is 6.43. The minimum Gasteiger partial charge on any atom is -0.488 e. The number of hydrogen-bond donors (Lipinski definition) is 0. The summed E-state index contributed by atoms with van der Waals surface area (Å²) >= 11 is 6.44. The van der Waals surface area contributed by atoms with Crippen LogP contribution in [0.2, 0.25) is 5.02 Å². The molecule has 0 aliphatic heterocycles. The van der Waals surface area contributed by atoms with Crippen molar-refractivity contribution in [3.8, 4) is 11.5 Å². The first-order chi connectivity index (χ1) is 13.1. The molecule has 0 N–H and O–H groups in total. The lowest BCUT2D eigenvalue weighted by molar-refractivity contribution is -0.134. The zero-order valence-corrected chi connectivity index (χ0v) is 17.1. The number of carbonyl (C=O) groups is 1. The van der Waals surface area contributed by atoms with Crippen LogP contribution in [0.3, 0.4) is 0 Å². The van der Waals surface area contributed by atoms with Gasteiger partial charge in [-0.05, 0) is 60.4 Å². The third-order valence-electron chi connectivity index (χ3n) is 5.07. The molecule has 0 radical (unpaired) electrons. The van der Waals surface area contributed by atoms with Gasteiger partial charge in [0, 0.05) is 17.0 Å². The molecule has 3 rings (SSSR count). The number of hydrogen-bond acceptors (Lipinski definition) is 3. The second-order valence-corrected chi connectivity index (χ2v) is 7.38. The number of ether oxygens (including phenoxy) is 2. The van der Waals surface area contributed by atoms with Crippen LogP contribution in [-0.4, -0.2) is 5.97 Å². The number of benzene rings is 2. The van der Waals surface area contributed by atoms with Gasteiger partial charge in [0.25, 0.3) is 0 Å². The Hall–Kier alpha value is -2.00. The maximum Gasteiger partial charge on any atom is 0.310 e. The van der Waals surface area contributed by atoms with Crippen LogP contribution in [0.25, 0.3) is 0 Å². The topological polar surface area (TPSA) is 35.5 Å². The van der Waals surface area contributed by atoms with E-state index in [4.69, 9.17) is 21.1 Å². The minimum absolute atomic E-state index is 0.237. The van der Waals surface area contributed by atoms with Crippen molar-refractivity contribution in [1.82, 2.24) is 0 Å². The first-order valence-corrected chi connectivity index (χ1v) is 10.2. The normalized spacial score (nSPS) is 13.5. The molecule has 2 aromatic rings. The summed E-state index contributed by atoms with van der Waals surface area (Å²) in [5.74, 6) is 1.77. The lowest BCUT2D eigenvalue weighted by Crippen LogP contribution is -2.10. The van der Waals surface area contributed by atoms with E-state index in [1.165, 1.54) is 18.4 Å². The first-order valence-electron chi connectivity index (χ1n) is 9.83. The van der Waals surface area contributed by atoms with Gasteiger partial charge in [0.15, 0.2) is 0 Å². The minimum atomic E-state index is -0.237. The fourth-order valence-electron chi connectivity index (χ4n) is 3.27. The summed E-state index contributed by atoms with van der Waals surface area (Å²) in [4.78, 5) is 11.8. The largest absolute Gasteiger partial charge is 0.488 e. The number of aryl methyl sites for hydroxylation is 2. The molecule has 3 nitrogen and oxygen atoms in total. The van der Waals surface area contributed by atoms with Crippen LogP contribution in [0.5, 0.6) is 11.5 Å². The average Bonchev–Trinajstić information content (AvgIpc) is 3.51. The highest BCUT2D eigenvalue weighted by Gasteiger charge is 2.28. The van der Waals surface area contributed by atoms with Gasteiger partial charge in [-0.25, -0.2) is 0 Å². The van der Waals surface area contributed by atoms with E-state index < -0.39 is 0 Å². The van der Waals surface area contributed by atoms with Crippen LogP contribution in [0.4, 0.5) is 0 Å². The SMILES string of the molecule is CCC(=O)Oc1cccc(CC)c1COc1cc(Cl)c(CC)cc1C1CC1. The highest BCUT2D eigenvalue weighted by molar-refractivity contribution is 6.31. The maximum absolute atomic E-state index is 11.8. The highest BCUT2D eigenvalue weighted by atomic mass is 35.5. The van der Waals surface area contributed by atoms with Crippen molar-refractivity contribution in [1.29, 1.82) is 0 Å². The number of halogens is 1. The molecule has 0 spiro atoms. The standard InChI is InChI=1S/C23H27ClO3/c1-4-15-8-7-9-21(27-23(25)6-3)19(15)14-26-22-13-20(24)16(5-2)12-18(22)17-10-11-17/h7-9,12-13,17H,4-6,10-11,14H2,1-3H3. The van der Waals surface area contributed by atoms with E-state index in [1.54, 1.807) is 6.92 Å². The summed E-state index contributed by atoms with van der Waals surface area (Å²) in [6, 6.07) is 9.94. The molecule has 0 aromatic heterocycles. The predicted molar refractivity (Wildman–Crippen MR) is 109 cm³/mol. The van der Waals surface area contributed by atoms with E-state index in [9.17, 15) is 4.79 Å². The van der Waals surface area contributed by atoms with Gasteiger partial charge >= 0.3 is 5.97 Å². The maximum atomic E-state index is 11.8. The first kappa shape index (κ1) is 19.8. The van der Waals surface area contributed by atoms with Crippen LogP contribution in [0.1, 0.15) is 68.2 Å². The molecule has 0 heterocycles. The Bertz CT molecular complexity index is 825. The molecule has 1 aliphatic carbocycles. The molecular formula is C23H27ClO3. The van der Waals surface area contributed by atoms with E-state index in [1.807, 2.05) is 18.2 Å². The Balaban J connectivity index is 1.88. The van der Waals surface area contributed by atoms with Gasteiger partial charge in [-0.1, -0.05) is 50.6 Å². The number of esters is 1. The van der Waals surface area contributed by atoms with E-state index in [0.717, 1.165) is 40.3 Å². The second kappa shape index (κ2) is 8.79. The van der Waals surface area contributed by atoms with Crippen molar-refractivity contribution in [2.45, 2.75) is 65.4 Å². The Labute approximate surface area is 166 Å². The molecule has 2 aromatic carbocycles. The molecule has 27 heavy (non-hydrogen) atoms. The van der Waals surface area contributed by atoms with Crippen LogP contribution < -0.4 is 9.47 Å². The third kappa shape index (κ3) is 4.65. The smallest absolute Gasteiger partial charge is 0.310 e. The number of carbonyl (C=O) groups excluding carboxylic acids is 1. The molecule has 0 unspecified atom stereocenters. The van der Waals surface area contributed by atoms with Crippen LogP contribution in [0, 0.1) is 0 Å². The molecular weight excluding hydrogens is 360 g/mol. The summed E-state index contributed by atoms with van der Waals surface area (Å²) in [6.07, 6.45) is 4.50. The molecule has 1 aliphatic rings. The van der Waals surface area contributed by atoms with E-state index in [2.05, 4.69) is 26.0 Å². The van der Waals surface area contributed by atoms with Gasteiger partial charge in [0.2, 0.25) is 0 Å². The van der Waals surface area contributed by atoms with Crippen molar-refractivity contribution in [3.63, 3.8) is 0 Å². The zero-order chi connectivity index (χ0) is 19.4. The van der Waals surface area contributed by atoms with Crippen LogP contribution in [0.15, 0.2) is 30.3 Å². The molecule has 1 saturated carbocycles. The van der Waals surface area contributed by atoms with Crippen molar-refractivity contribution in [2.75, 3.05) is 0 Å². The Morgan fingerprint density at radius 1 is 1.07 bits per heavy atom. The highest BCUT2D eigenvalue weighted by Crippen LogP contribution is 2.46. The number of rotatable bonds is 8. The van der Waals surface area contributed by atoms with Gasteiger partial charge in [-0.3, -0.25) is 4.79 Å². The second-order valence-electron chi connectivity index (χ2n) is 6.97. The monoisotopic (exact) mass is 386 g/mol. The van der Waals surface area contributed by atoms with Gasteiger partial charge in [0.05, 0.1) is 0 Å². The van der Waals surface area contributed by atoms with E-state index in [0.29, 0.717) is 24.7 Å². The third-order valence-corrected chi connectivity index (χ3v) is 5.42. The van der Waals surface area contributed by atoms with Crippen molar-refractivity contribution in [2.24, 2.45) is 0 Å². The summed E-state index contributed by atoms with van der Waals surface area (Å²) in [7, 11) is 0. The molecule has 0 atom stereocenters. The predicted octanol–water partition coefficient (Wildman–Crippen LogP) is 6.24. The zero-order valence-electron chi connectivity index (χ0n) is 16.3. The summed E-state index contributed by atoms with van der Waals surface area (Å²) in [5.41, 5.74) is 4.47. The molecule has 0 amide bonds. The molecule has 4 heteroatoms. The molecule has 0 bridgehead atoms. The Morgan fingerprint density at radius 2 is 1.81 bits per heavy atom. The van der Waals surface area contributed by atoms with Crippen LogP contribution in [-0.2, 0) is 24.2 Å². The van der Waals surface area contributed by atoms with Gasteiger partial charge < -0.3 is 9.47 Å². The molecule has 0 saturated heterocycles. The molecule has 1 fully saturated rings. The summed E-state index contributed by atoms with van der Waals surface area (Å²) in [5, 5.41) is 0.748. The fraction of sp³-hybridized carbons (Fsp3) is 0.435. The Morgan fingerprint density at radius 3 is 2.44 bits per heavy atom. The summed E-state index contributed by atoms with van der Waals surface area (Å²) < 4.78 is 11.8. The fourth-order valence-corrected chi connectivity index (χ4v) is 3.56. The van der Waals surface area contributed by atoms with Crippen molar-refractivity contribution in [3.05, 3.63) is 57.6 Å². The summed E-state index contributed by atoms with van der Waals surface area (Å²) in [6.45, 7) is 6.36. The van der Waals surface area contributed by atoms with Crippen LogP contribution >= 0.6 is 11.6 Å². The van der Waals surface area contributed by atoms with Crippen molar-refractivity contribution >= 4 is 17.6 Å². The van der Waals surface area contributed by atoms with Crippen molar-refractivity contribution < 1.29 is 14.3 Å². The quantitative estimate of drug-likeness (QED) is 0.398. The van der Waals surface area contributed by atoms with Gasteiger partial charge in [-0.2, -0.15) is 0 Å². The molecule has 144 valence electrons. The van der Waals surface area contributed by atoms with Gasteiger partial charge in [-0.15, -0.1) is 0 Å². The van der Waals surface area contributed by atoms with Gasteiger partial charge in [0.1, 0.15) is 18.1 Å². The lowest BCUT2D eigenvalue weighted by Gasteiger charge is -2.17.